The summed E-state index contributed by atoms with van der Waals surface area (Å²) in [5.74, 6) is 0.527. The Morgan fingerprint density at radius 2 is 1.59 bits per heavy atom. The zero-order valence-corrected chi connectivity index (χ0v) is 24.9. The van der Waals surface area contributed by atoms with Crippen LogP contribution in [0.2, 0.25) is 6.04 Å². The third-order valence-corrected chi connectivity index (χ3v) is 8.80. The molecule has 1 aliphatic heterocycles. The van der Waals surface area contributed by atoms with E-state index in [1.807, 2.05) is 0 Å². The van der Waals surface area contributed by atoms with Crippen LogP contribution in [0.1, 0.15) is 50.3 Å². The Balaban J connectivity index is 1.91. The first kappa shape index (κ1) is 34.2. The van der Waals surface area contributed by atoms with Crippen LogP contribution >= 0.6 is 33.2 Å². The van der Waals surface area contributed by atoms with Gasteiger partial charge in [-0.25, -0.2) is 0 Å². The van der Waals surface area contributed by atoms with Crippen molar-refractivity contribution >= 4 is 39.2 Å². The van der Waals surface area contributed by atoms with Crippen molar-refractivity contribution in [3.05, 3.63) is 33.9 Å². The molecule has 1 aliphatic rings. The topological polar surface area (TPSA) is 170 Å². The maximum Gasteiger partial charge on any atom is 0.344 e. The molecule has 1 aromatic rings. The minimum atomic E-state index is -2.58. The van der Waals surface area contributed by atoms with Crippen molar-refractivity contribution in [3.63, 3.8) is 0 Å². The van der Waals surface area contributed by atoms with Gasteiger partial charge in [0, 0.05) is 6.61 Å². The van der Waals surface area contributed by atoms with E-state index in [4.69, 9.17) is 56.9 Å². The number of ether oxygens (including phenoxy) is 5. The van der Waals surface area contributed by atoms with E-state index in [2.05, 4.69) is 0 Å². The van der Waals surface area contributed by atoms with E-state index >= 15 is 0 Å². The molecule has 39 heavy (non-hydrogen) atoms. The lowest BCUT2D eigenvalue weighted by atomic mass is 9.98. The van der Waals surface area contributed by atoms with E-state index < -0.39 is 54.2 Å². The predicted molar refractivity (Wildman–Crippen MR) is 145 cm³/mol. The monoisotopic (exact) mass is 635 g/mol. The Kier molecular flexibility index (Phi) is 14.5. The van der Waals surface area contributed by atoms with Crippen LogP contribution in [0.25, 0.3) is 0 Å². The van der Waals surface area contributed by atoms with Crippen molar-refractivity contribution in [1.82, 2.24) is 0 Å². The number of benzene rings is 1. The van der Waals surface area contributed by atoms with Crippen LogP contribution < -0.4 is 9.47 Å². The smallest absolute Gasteiger partial charge is 0.344 e. The van der Waals surface area contributed by atoms with Crippen LogP contribution in [0, 0.1) is 10.1 Å². The van der Waals surface area contributed by atoms with Crippen molar-refractivity contribution in [3.8, 4) is 11.5 Å². The number of nitrogens with zero attached hydrogens (tertiary/aromatic N) is 1. The molecule has 0 spiro atoms. The Labute approximate surface area is 241 Å². The first-order valence-electron chi connectivity index (χ1n) is 12.5. The molecule has 0 bridgehead atoms. The van der Waals surface area contributed by atoms with E-state index in [9.17, 15) is 30.5 Å². The second-order valence-electron chi connectivity index (χ2n) is 9.08. The molecule has 2 rings (SSSR count). The zero-order valence-electron chi connectivity index (χ0n) is 21.7. The summed E-state index contributed by atoms with van der Waals surface area (Å²) in [6, 6.07) is 2.14. The second kappa shape index (κ2) is 16.5. The molecular weight excluding hydrogens is 601 g/mol. The number of aliphatic hydroxyl groups is 4. The van der Waals surface area contributed by atoms with Gasteiger partial charge in [-0.2, -0.15) is 0 Å². The largest absolute Gasteiger partial charge is 0.493 e. The quantitative estimate of drug-likeness (QED) is 0.0495. The molecule has 0 aromatic heterocycles. The summed E-state index contributed by atoms with van der Waals surface area (Å²) in [6.45, 7) is 0.165. The predicted octanol–water partition coefficient (Wildman–Crippen LogP) is 3.13. The lowest BCUT2D eigenvalue weighted by Crippen LogP contribution is -2.61. The van der Waals surface area contributed by atoms with Gasteiger partial charge < -0.3 is 39.4 Å². The van der Waals surface area contributed by atoms with Crippen molar-refractivity contribution in [2.24, 2.45) is 0 Å². The average molecular weight is 637 g/mol. The molecule has 0 amide bonds. The molecule has 1 heterocycles. The van der Waals surface area contributed by atoms with Gasteiger partial charge >= 0.3 is 12.2 Å². The maximum absolute atomic E-state index is 11.7. The second-order valence-corrected chi connectivity index (χ2v) is 18.4. The maximum atomic E-state index is 11.7. The van der Waals surface area contributed by atoms with Gasteiger partial charge in [-0.3, -0.25) is 14.9 Å². The molecule has 0 radical (unpaired) electrons. The lowest BCUT2D eigenvalue weighted by Gasteiger charge is -2.41. The minimum Gasteiger partial charge on any atom is -0.493 e. The average Bonchev–Trinajstić information content (AvgIpc) is 2.89. The first-order valence-corrected chi connectivity index (χ1v) is 17.7. The van der Waals surface area contributed by atoms with E-state index in [-0.39, 0.29) is 17.9 Å². The summed E-state index contributed by atoms with van der Waals surface area (Å²) in [6.07, 6.45) is -7.06. The van der Waals surface area contributed by atoms with Crippen molar-refractivity contribution in [2.45, 2.75) is 87.8 Å². The Morgan fingerprint density at radius 1 is 0.974 bits per heavy atom. The Hall–Kier alpha value is -0.973. The summed E-state index contributed by atoms with van der Waals surface area (Å²) < 4.78 is 26.5. The van der Waals surface area contributed by atoms with Crippen molar-refractivity contribution < 1.29 is 49.0 Å². The molecule has 1 aromatic carbocycles. The highest BCUT2D eigenvalue weighted by molar-refractivity contribution is 7.64. The van der Waals surface area contributed by atoms with Crippen molar-refractivity contribution in [1.29, 1.82) is 0 Å². The van der Waals surface area contributed by atoms with E-state index in [1.165, 1.54) is 32.4 Å². The molecule has 4 N–H and O–H groups in total. The van der Waals surface area contributed by atoms with E-state index in [1.54, 1.807) is 0 Å². The lowest BCUT2D eigenvalue weighted by molar-refractivity contribution is -0.596. The van der Waals surface area contributed by atoms with Gasteiger partial charge in [-0.15, -0.1) is 33.2 Å². The summed E-state index contributed by atoms with van der Waals surface area (Å²) in [5, 5.41) is 53.3. The van der Waals surface area contributed by atoms with Crippen LogP contribution in [0.4, 0.5) is 0 Å². The van der Waals surface area contributed by atoms with E-state index in [0.717, 1.165) is 32.1 Å². The molecule has 2 unspecified atom stereocenters. The summed E-state index contributed by atoms with van der Waals surface area (Å²) in [4.78, 5) is 10.9. The summed E-state index contributed by atoms with van der Waals surface area (Å²) >= 11 is 17.6. The molecule has 1 fully saturated rings. The normalized spacial score (nSPS) is 25.2. The molecule has 7 atom stereocenters. The number of rotatable bonds is 17. The first-order chi connectivity index (χ1) is 18.4. The summed E-state index contributed by atoms with van der Waals surface area (Å²) in [7, 11) is 2.76. The Morgan fingerprint density at radius 3 is 2.18 bits per heavy atom. The third kappa shape index (κ3) is 10.7. The highest BCUT2D eigenvalue weighted by Crippen LogP contribution is 2.33. The minimum absolute atomic E-state index is 0.0183. The number of aliphatic hydroxyl groups excluding tert-OH is 4. The molecular formula is C23H36Cl3NO11Si. The SMILES string of the molecule is COc1ccc(C(OC(O)[C@H]2O[C@H](OCCCCCCCC[Si](Cl)(Cl)Cl)[C@@H](O)[C@@H](O)[C@@H]2O)[N+](=O)[O-])cc1OC. The van der Waals surface area contributed by atoms with Crippen LogP contribution in [0.15, 0.2) is 18.2 Å². The highest BCUT2D eigenvalue weighted by atomic mass is 35.8. The molecule has 1 saturated heterocycles. The van der Waals surface area contributed by atoms with Crippen LogP contribution in [-0.4, -0.2) is 89.2 Å². The standard InChI is InChI=1S/C23H36Cl3NO11Si/c1-34-15-10-9-14(13-16(15)35-2)21(27(32)33)38-22(31)20-18(29)17(28)19(30)23(37-20)36-11-7-5-3-4-6-8-12-39(24,25)26/h9-10,13,17-23,28-31H,3-8,11-12H2,1-2H3/t17-,18-,19-,20-,21?,22?,23-/m0/s1. The fraction of sp³-hybridized carbons (Fsp3) is 0.739. The molecule has 224 valence electrons. The van der Waals surface area contributed by atoms with Gasteiger partial charge in [0.05, 0.1) is 24.7 Å². The molecule has 0 aliphatic carbocycles. The van der Waals surface area contributed by atoms with Gasteiger partial charge in [-0.1, -0.05) is 32.1 Å². The van der Waals surface area contributed by atoms with Crippen LogP contribution in [-0.2, 0) is 14.2 Å². The van der Waals surface area contributed by atoms with Crippen LogP contribution in [0.5, 0.6) is 11.5 Å². The van der Waals surface area contributed by atoms with Crippen LogP contribution in [0.3, 0.4) is 0 Å². The number of halogens is 3. The number of hydrogen-bond acceptors (Lipinski definition) is 11. The fourth-order valence-electron chi connectivity index (χ4n) is 4.05. The van der Waals surface area contributed by atoms with Gasteiger partial charge in [0.15, 0.2) is 24.1 Å². The Bertz CT molecular complexity index is 897. The molecule has 16 heteroatoms. The number of nitro groups is 1. The molecule has 12 nitrogen and oxygen atoms in total. The fourth-order valence-corrected chi connectivity index (χ4v) is 5.90. The number of hydrogen-bond donors (Lipinski definition) is 4. The number of unbranched alkanes of at least 4 members (excludes halogenated alkanes) is 5. The van der Waals surface area contributed by atoms with E-state index in [0.29, 0.717) is 18.2 Å². The van der Waals surface area contributed by atoms with Gasteiger partial charge in [-0.05, 0) is 30.7 Å². The van der Waals surface area contributed by atoms with Gasteiger partial charge in [0.1, 0.15) is 24.4 Å². The van der Waals surface area contributed by atoms with Gasteiger partial charge in [0.2, 0.25) is 0 Å². The number of methoxy groups -OCH3 is 2. The van der Waals surface area contributed by atoms with Gasteiger partial charge in [0.25, 0.3) is 0 Å². The highest BCUT2D eigenvalue weighted by Gasteiger charge is 2.48. The van der Waals surface area contributed by atoms with Crippen molar-refractivity contribution in [2.75, 3.05) is 20.8 Å². The molecule has 0 saturated carbocycles. The zero-order chi connectivity index (χ0) is 29.2. The third-order valence-electron chi connectivity index (χ3n) is 6.18. The summed E-state index contributed by atoms with van der Waals surface area (Å²) in [5.41, 5.74) is 0.0183.